The first-order valence-electron chi connectivity index (χ1n) is 5.74. The molecule has 0 aliphatic carbocycles. The summed E-state index contributed by atoms with van der Waals surface area (Å²) in [5, 5.41) is 12.7. The minimum absolute atomic E-state index is 0.225. The molecule has 0 spiro atoms. The second kappa shape index (κ2) is 5.68. The van der Waals surface area contributed by atoms with Crippen LogP contribution in [-0.4, -0.2) is 42.3 Å². The van der Waals surface area contributed by atoms with E-state index in [1.54, 1.807) is 0 Å². The van der Waals surface area contributed by atoms with Gasteiger partial charge in [-0.2, -0.15) is 0 Å². The first-order valence-corrected chi connectivity index (χ1v) is 6.14. The molecule has 1 aromatic rings. The van der Waals surface area contributed by atoms with Crippen LogP contribution in [0.5, 0.6) is 0 Å². The maximum absolute atomic E-state index is 10.4. The van der Waals surface area contributed by atoms with E-state index in [1.807, 2.05) is 23.1 Å². The number of nitrogens with one attached hydrogen (secondary N) is 1. The van der Waals surface area contributed by atoms with Crippen LogP contribution >= 0.6 is 12.2 Å². The van der Waals surface area contributed by atoms with E-state index in [0.717, 1.165) is 13.1 Å². The molecule has 1 aliphatic heterocycles. The Morgan fingerprint density at radius 1 is 1.17 bits per heavy atom. The molecule has 6 heteroatoms. The Kier molecular flexibility index (Phi) is 3.99. The van der Waals surface area contributed by atoms with Crippen molar-refractivity contribution < 1.29 is 9.90 Å². The van der Waals surface area contributed by atoms with Gasteiger partial charge in [0.2, 0.25) is 0 Å². The molecule has 0 bridgehead atoms. The smallest absolute Gasteiger partial charge is 0.174 e. The van der Waals surface area contributed by atoms with Crippen LogP contribution < -0.4 is 15.3 Å². The molecule has 1 N–H and O–H groups in total. The Morgan fingerprint density at radius 2 is 1.78 bits per heavy atom. The first kappa shape index (κ1) is 12.6. The lowest BCUT2D eigenvalue weighted by Gasteiger charge is -2.37. The minimum Gasteiger partial charge on any atom is -0.530 e. The molecule has 0 aromatic heterocycles. The number of rotatable bonds is 1. The molecule has 5 nitrogen and oxygen atoms in total. The van der Waals surface area contributed by atoms with Gasteiger partial charge in [0.15, 0.2) is 5.11 Å². The standard InChI is InChI=1S/C12H15N3O2S/c16-12(17)13-11(18)15-8-6-14(7-9-15)10-4-2-1-3-5-10/h1-5H,6-9H2,(H,13,18)(H,16,17)/p-1. The molecule has 2 rings (SSSR count). The van der Waals surface area contributed by atoms with Crippen LogP contribution in [0.15, 0.2) is 30.3 Å². The molecule has 0 atom stereocenters. The lowest BCUT2D eigenvalue weighted by Crippen LogP contribution is -2.54. The SMILES string of the molecule is O=C([O-])NC(=S)N1CCN(c2ccccc2)CC1. The van der Waals surface area contributed by atoms with Gasteiger partial charge in [-0.05, 0) is 24.4 Å². The second-order valence-electron chi connectivity index (χ2n) is 4.03. The van der Waals surface area contributed by atoms with E-state index < -0.39 is 6.09 Å². The molecule has 1 heterocycles. The predicted molar refractivity (Wildman–Crippen MR) is 71.4 cm³/mol. The quantitative estimate of drug-likeness (QED) is 0.725. The highest BCUT2D eigenvalue weighted by atomic mass is 32.1. The second-order valence-corrected chi connectivity index (χ2v) is 4.41. The molecule has 1 saturated heterocycles. The van der Waals surface area contributed by atoms with Crippen molar-refractivity contribution in [2.75, 3.05) is 31.1 Å². The zero-order chi connectivity index (χ0) is 13.0. The van der Waals surface area contributed by atoms with Gasteiger partial charge in [0.1, 0.15) is 6.09 Å². The normalized spacial score (nSPS) is 15.3. The predicted octanol–water partition coefficient (Wildman–Crippen LogP) is 0.0264. The Hall–Kier alpha value is -1.82. The number of carboxylic acid groups (broad SMARTS) is 1. The van der Waals surface area contributed by atoms with Crippen molar-refractivity contribution in [3.05, 3.63) is 30.3 Å². The van der Waals surface area contributed by atoms with Gasteiger partial charge in [-0.25, -0.2) is 0 Å². The van der Waals surface area contributed by atoms with Gasteiger partial charge in [0.05, 0.1) is 0 Å². The molecule has 0 unspecified atom stereocenters. The third-order valence-corrected chi connectivity index (χ3v) is 3.26. The summed E-state index contributed by atoms with van der Waals surface area (Å²) in [7, 11) is 0. The lowest BCUT2D eigenvalue weighted by atomic mass is 10.2. The lowest BCUT2D eigenvalue weighted by molar-refractivity contribution is -0.248. The van der Waals surface area contributed by atoms with E-state index >= 15 is 0 Å². The van der Waals surface area contributed by atoms with Gasteiger partial charge in [-0.1, -0.05) is 18.2 Å². The number of carbonyl (C=O) groups is 1. The van der Waals surface area contributed by atoms with Gasteiger partial charge >= 0.3 is 0 Å². The fourth-order valence-electron chi connectivity index (χ4n) is 1.97. The Bertz CT molecular complexity index is 430. The minimum atomic E-state index is -1.36. The summed E-state index contributed by atoms with van der Waals surface area (Å²) >= 11 is 4.98. The molecule has 0 saturated carbocycles. The maximum Gasteiger partial charge on any atom is 0.174 e. The van der Waals surface area contributed by atoms with Crippen molar-refractivity contribution in [1.29, 1.82) is 0 Å². The summed E-state index contributed by atoms with van der Waals surface area (Å²) in [5.74, 6) is 0. The van der Waals surface area contributed by atoms with E-state index in [1.165, 1.54) is 5.69 Å². The van der Waals surface area contributed by atoms with Crippen LogP contribution in [-0.2, 0) is 0 Å². The number of para-hydroxylation sites is 1. The number of hydrogen-bond donors (Lipinski definition) is 1. The Morgan fingerprint density at radius 3 is 2.33 bits per heavy atom. The van der Waals surface area contributed by atoms with Crippen LogP contribution in [0.2, 0.25) is 0 Å². The molecule has 1 aliphatic rings. The van der Waals surface area contributed by atoms with Crippen molar-refractivity contribution in [3.8, 4) is 0 Å². The third kappa shape index (κ3) is 3.10. The largest absolute Gasteiger partial charge is 0.530 e. The molecule has 96 valence electrons. The van der Waals surface area contributed by atoms with Crippen molar-refractivity contribution in [1.82, 2.24) is 10.2 Å². The monoisotopic (exact) mass is 264 g/mol. The fourth-order valence-corrected chi connectivity index (χ4v) is 2.24. The number of amides is 1. The van der Waals surface area contributed by atoms with Crippen LogP contribution in [0, 0.1) is 0 Å². The number of piperazine rings is 1. The number of thiocarbonyl (C=S) groups is 1. The van der Waals surface area contributed by atoms with Crippen LogP contribution in [0.3, 0.4) is 0 Å². The maximum atomic E-state index is 10.4. The van der Waals surface area contributed by atoms with E-state index in [-0.39, 0.29) is 5.11 Å². The van der Waals surface area contributed by atoms with Gasteiger partial charge in [-0.15, -0.1) is 0 Å². The number of carbonyl (C=O) groups excluding carboxylic acids is 1. The molecular formula is C12H14N3O2S-. The zero-order valence-corrected chi connectivity index (χ0v) is 10.7. The van der Waals surface area contributed by atoms with E-state index in [0.29, 0.717) is 13.1 Å². The average molecular weight is 264 g/mol. The van der Waals surface area contributed by atoms with Gasteiger partial charge < -0.3 is 25.0 Å². The van der Waals surface area contributed by atoms with Crippen molar-refractivity contribution >= 4 is 29.1 Å². The topological polar surface area (TPSA) is 58.6 Å². The third-order valence-electron chi connectivity index (χ3n) is 2.90. The van der Waals surface area contributed by atoms with Crippen molar-refractivity contribution in [3.63, 3.8) is 0 Å². The molecule has 1 amide bonds. The zero-order valence-electron chi connectivity index (χ0n) is 9.83. The van der Waals surface area contributed by atoms with Gasteiger partial charge in [0, 0.05) is 31.9 Å². The highest BCUT2D eigenvalue weighted by molar-refractivity contribution is 7.80. The van der Waals surface area contributed by atoms with Crippen LogP contribution in [0.4, 0.5) is 10.5 Å². The van der Waals surface area contributed by atoms with Gasteiger partial charge in [0.25, 0.3) is 0 Å². The summed E-state index contributed by atoms with van der Waals surface area (Å²) in [5.41, 5.74) is 1.18. The molecule has 0 radical (unpaired) electrons. The fraction of sp³-hybridized carbons (Fsp3) is 0.333. The highest BCUT2D eigenvalue weighted by Gasteiger charge is 2.18. The summed E-state index contributed by atoms with van der Waals surface area (Å²) in [6.07, 6.45) is -1.36. The number of anilines is 1. The first-order chi connectivity index (χ1) is 8.66. The number of nitrogens with zero attached hydrogens (tertiary/aromatic N) is 2. The molecule has 1 aromatic carbocycles. The summed E-state index contributed by atoms with van der Waals surface area (Å²) in [6, 6.07) is 10.1. The molecule has 1 fully saturated rings. The van der Waals surface area contributed by atoms with Gasteiger partial charge in [-0.3, -0.25) is 0 Å². The summed E-state index contributed by atoms with van der Waals surface area (Å²) in [6.45, 7) is 3.04. The van der Waals surface area contributed by atoms with Crippen molar-refractivity contribution in [2.45, 2.75) is 0 Å². The van der Waals surface area contributed by atoms with E-state index in [4.69, 9.17) is 12.2 Å². The number of hydrogen-bond acceptors (Lipinski definition) is 4. The van der Waals surface area contributed by atoms with Crippen molar-refractivity contribution in [2.24, 2.45) is 0 Å². The summed E-state index contributed by atoms with van der Waals surface area (Å²) < 4.78 is 0. The average Bonchev–Trinajstić information content (AvgIpc) is 2.39. The van der Waals surface area contributed by atoms with E-state index in [9.17, 15) is 9.90 Å². The Balaban J connectivity index is 1.88. The summed E-state index contributed by atoms with van der Waals surface area (Å²) in [4.78, 5) is 14.5. The highest BCUT2D eigenvalue weighted by Crippen LogP contribution is 2.15. The number of benzene rings is 1. The molecule has 18 heavy (non-hydrogen) atoms. The Labute approximate surface area is 111 Å². The van der Waals surface area contributed by atoms with Crippen LogP contribution in [0.1, 0.15) is 0 Å². The molecular weight excluding hydrogens is 250 g/mol. The van der Waals surface area contributed by atoms with E-state index in [2.05, 4.69) is 22.3 Å². The van der Waals surface area contributed by atoms with Crippen LogP contribution in [0.25, 0.3) is 0 Å².